The third-order valence-corrected chi connectivity index (χ3v) is 4.72. The number of amides is 2. The van der Waals surface area contributed by atoms with E-state index in [0.29, 0.717) is 40.1 Å². The second-order valence-electron chi connectivity index (χ2n) is 6.84. The van der Waals surface area contributed by atoms with Crippen molar-refractivity contribution in [2.75, 3.05) is 17.2 Å². The first-order valence-electron chi connectivity index (χ1n) is 9.93. The van der Waals surface area contributed by atoms with E-state index >= 15 is 0 Å². The summed E-state index contributed by atoms with van der Waals surface area (Å²) in [6.45, 7) is 5.64. The summed E-state index contributed by atoms with van der Waals surface area (Å²) >= 11 is 6.06. The Morgan fingerprint density at radius 2 is 1.59 bits per heavy atom. The van der Waals surface area contributed by atoms with Gasteiger partial charge in [0.05, 0.1) is 5.02 Å². The van der Waals surface area contributed by atoms with E-state index < -0.39 is 6.10 Å². The predicted molar refractivity (Wildman–Crippen MR) is 127 cm³/mol. The van der Waals surface area contributed by atoms with Crippen LogP contribution < -0.4 is 20.1 Å². The maximum absolute atomic E-state index is 12.4. The molecule has 0 radical (unpaired) electrons. The maximum Gasteiger partial charge on any atom is 0.265 e. The van der Waals surface area contributed by atoms with Gasteiger partial charge in [0, 0.05) is 16.9 Å². The molecule has 7 heteroatoms. The Hall–Kier alpha value is -3.77. The lowest BCUT2D eigenvalue weighted by molar-refractivity contribution is -0.122. The number of benzene rings is 3. The van der Waals surface area contributed by atoms with Crippen LogP contribution in [0.15, 0.2) is 85.5 Å². The van der Waals surface area contributed by atoms with Crippen molar-refractivity contribution in [3.63, 3.8) is 0 Å². The molecule has 0 aliphatic heterocycles. The summed E-state index contributed by atoms with van der Waals surface area (Å²) < 4.78 is 11.0. The van der Waals surface area contributed by atoms with Crippen LogP contribution in [0, 0.1) is 0 Å². The standard InChI is InChI=1S/C25H23ClN2O4/c1-3-16-31-21-14-8-18(9-15-21)25(30)28-20-12-10-19(11-13-20)27-24(29)17(2)32-23-7-5-4-6-22(23)26/h3-15,17H,1,16H2,2H3,(H,27,29)(H,28,30). The largest absolute Gasteiger partial charge is 0.490 e. The molecular weight excluding hydrogens is 428 g/mol. The van der Waals surface area contributed by atoms with Crippen LogP contribution in [0.5, 0.6) is 11.5 Å². The quantitative estimate of drug-likeness (QED) is 0.418. The number of nitrogens with one attached hydrogen (secondary N) is 2. The molecule has 0 saturated heterocycles. The molecule has 1 atom stereocenters. The van der Waals surface area contributed by atoms with Gasteiger partial charge in [0.2, 0.25) is 0 Å². The molecule has 0 saturated carbocycles. The first-order valence-corrected chi connectivity index (χ1v) is 10.3. The molecule has 0 spiro atoms. The van der Waals surface area contributed by atoms with Crippen molar-refractivity contribution in [3.8, 4) is 11.5 Å². The van der Waals surface area contributed by atoms with E-state index in [-0.39, 0.29) is 11.8 Å². The molecule has 3 rings (SSSR count). The number of halogens is 1. The number of para-hydroxylation sites is 1. The highest BCUT2D eigenvalue weighted by molar-refractivity contribution is 6.32. The van der Waals surface area contributed by atoms with E-state index in [1.165, 1.54) is 0 Å². The van der Waals surface area contributed by atoms with E-state index in [0.717, 1.165) is 0 Å². The van der Waals surface area contributed by atoms with Crippen molar-refractivity contribution in [1.82, 2.24) is 0 Å². The van der Waals surface area contributed by atoms with Crippen molar-refractivity contribution in [2.24, 2.45) is 0 Å². The molecule has 0 fully saturated rings. The highest BCUT2D eigenvalue weighted by atomic mass is 35.5. The molecular formula is C25H23ClN2O4. The van der Waals surface area contributed by atoms with Gasteiger partial charge in [-0.3, -0.25) is 9.59 Å². The Morgan fingerprint density at radius 1 is 0.969 bits per heavy atom. The lowest BCUT2D eigenvalue weighted by Crippen LogP contribution is -2.30. The van der Waals surface area contributed by atoms with Crippen molar-refractivity contribution < 1.29 is 19.1 Å². The minimum Gasteiger partial charge on any atom is -0.490 e. The zero-order valence-electron chi connectivity index (χ0n) is 17.5. The van der Waals surface area contributed by atoms with Gasteiger partial charge in [-0.15, -0.1) is 0 Å². The molecule has 0 aromatic heterocycles. The molecule has 1 unspecified atom stereocenters. The minimum absolute atomic E-state index is 0.251. The van der Waals surface area contributed by atoms with Crippen molar-refractivity contribution in [3.05, 3.63) is 96.0 Å². The molecule has 0 heterocycles. The van der Waals surface area contributed by atoms with Crippen LogP contribution in [-0.4, -0.2) is 24.5 Å². The average Bonchev–Trinajstić information content (AvgIpc) is 2.80. The molecule has 6 nitrogen and oxygen atoms in total. The monoisotopic (exact) mass is 450 g/mol. The van der Waals surface area contributed by atoms with Crippen LogP contribution in [-0.2, 0) is 4.79 Å². The molecule has 0 aliphatic rings. The molecule has 2 N–H and O–H groups in total. The van der Waals surface area contributed by atoms with Gasteiger partial charge in [-0.2, -0.15) is 0 Å². The number of anilines is 2. The molecule has 0 aliphatic carbocycles. The van der Waals surface area contributed by atoms with Crippen molar-refractivity contribution in [2.45, 2.75) is 13.0 Å². The number of rotatable bonds is 9. The topological polar surface area (TPSA) is 76.7 Å². The third kappa shape index (κ3) is 6.36. The predicted octanol–water partition coefficient (Wildman–Crippen LogP) is 5.56. The van der Waals surface area contributed by atoms with Gasteiger partial charge in [0.1, 0.15) is 18.1 Å². The fraction of sp³-hybridized carbons (Fsp3) is 0.120. The molecule has 32 heavy (non-hydrogen) atoms. The second-order valence-corrected chi connectivity index (χ2v) is 7.24. The van der Waals surface area contributed by atoms with Crippen molar-refractivity contribution >= 4 is 34.8 Å². The minimum atomic E-state index is -0.743. The normalized spacial score (nSPS) is 11.2. The molecule has 0 bridgehead atoms. The third-order valence-electron chi connectivity index (χ3n) is 4.40. The number of hydrogen-bond acceptors (Lipinski definition) is 4. The Morgan fingerprint density at radius 3 is 2.22 bits per heavy atom. The first-order chi connectivity index (χ1) is 15.5. The SMILES string of the molecule is C=CCOc1ccc(C(=O)Nc2ccc(NC(=O)C(C)Oc3ccccc3Cl)cc2)cc1. The van der Waals surface area contributed by atoms with Crippen LogP contribution in [0.3, 0.4) is 0 Å². The van der Waals surface area contributed by atoms with E-state index in [4.69, 9.17) is 21.1 Å². The van der Waals surface area contributed by atoms with E-state index in [1.54, 1.807) is 85.8 Å². The van der Waals surface area contributed by atoms with Crippen LogP contribution in [0.25, 0.3) is 0 Å². The number of hydrogen-bond donors (Lipinski definition) is 2. The average molecular weight is 451 g/mol. The summed E-state index contributed by atoms with van der Waals surface area (Å²) in [5.41, 5.74) is 1.67. The molecule has 3 aromatic carbocycles. The first kappa shape index (κ1) is 22.9. The summed E-state index contributed by atoms with van der Waals surface area (Å²) in [6.07, 6.45) is 0.909. The van der Waals surface area contributed by atoms with Crippen LogP contribution in [0.2, 0.25) is 5.02 Å². The Kier molecular flexibility index (Phi) is 7.89. The Bertz CT molecular complexity index is 1080. The summed E-state index contributed by atoms with van der Waals surface area (Å²) in [5.74, 6) is 0.531. The highest BCUT2D eigenvalue weighted by Crippen LogP contribution is 2.24. The Labute approximate surface area is 191 Å². The molecule has 164 valence electrons. The highest BCUT2D eigenvalue weighted by Gasteiger charge is 2.16. The summed E-state index contributed by atoms with van der Waals surface area (Å²) in [5, 5.41) is 6.03. The van der Waals surface area contributed by atoms with Gasteiger partial charge in [-0.1, -0.05) is 36.4 Å². The van der Waals surface area contributed by atoms with E-state index in [1.807, 2.05) is 0 Å². The summed E-state index contributed by atoms with van der Waals surface area (Å²) in [4.78, 5) is 24.8. The second kappa shape index (κ2) is 11.0. The van der Waals surface area contributed by atoms with Gasteiger partial charge in [-0.05, 0) is 67.6 Å². The fourth-order valence-corrected chi connectivity index (χ4v) is 2.91. The molecule has 3 aromatic rings. The van der Waals surface area contributed by atoms with Crippen LogP contribution >= 0.6 is 11.6 Å². The Balaban J connectivity index is 1.54. The van der Waals surface area contributed by atoms with Crippen LogP contribution in [0.1, 0.15) is 17.3 Å². The zero-order valence-corrected chi connectivity index (χ0v) is 18.3. The summed E-state index contributed by atoms with van der Waals surface area (Å²) in [7, 11) is 0. The number of carbonyl (C=O) groups excluding carboxylic acids is 2. The van der Waals surface area contributed by atoms with Crippen LogP contribution in [0.4, 0.5) is 11.4 Å². The smallest absolute Gasteiger partial charge is 0.265 e. The number of ether oxygens (including phenoxy) is 2. The fourth-order valence-electron chi connectivity index (χ4n) is 2.73. The van der Waals surface area contributed by atoms with E-state index in [9.17, 15) is 9.59 Å². The lowest BCUT2D eigenvalue weighted by Gasteiger charge is -2.15. The van der Waals surface area contributed by atoms with E-state index in [2.05, 4.69) is 17.2 Å². The number of carbonyl (C=O) groups is 2. The van der Waals surface area contributed by atoms with Gasteiger partial charge in [0.25, 0.3) is 11.8 Å². The van der Waals surface area contributed by atoms with Gasteiger partial charge < -0.3 is 20.1 Å². The van der Waals surface area contributed by atoms with Gasteiger partial charge in [0.15, 0.2) is 6.10 Å². The van der Waals surface area contributed by atoms with Gasteiger partial charge >= 0.3 is 0 Å². The van der Waals surface area contributed by atoms with Crippen molar-refractivity contribution in [1.29, 1.82) is 0 Å². The molecule has 2 amide bonds. The van der Waals surface area contributed by atoms with Gasteiger partial charge in [-0.25, -0.2) is 0 Å². The zero-order chi connectivity index (χ0) is 22.9. The lowest BCUT2D eigenvalue weighted by atomic mass is 10.2. The maximum atomic E-state index is 12.4. The summed E-state index contributed by atoms with van der Waals surface area (Å²) in [6, 6.07) is 20.6.